The molecule has 0 aliphatic heterocycles. The van der Waals surface area contributed by atoms with Crippen molar-refractivity contribution in [3.05, 3.63) is 41.8 Å². The van der Waals surface area contributed by atoms with E-state index >= 15 is 0 Å². The number of aromatic nitrogens is 1. The Morgan fingerprint density at radius 3 is 2.88 bits per heavy atom. The van der Waals surface area contributed by atoms with Gasteiger partial charge in [0.05, 0.1) is 5.56 Å². The molecule has 0 aliphatic carbocycles. The minimum Gasteiger partial charge on any atom is -0.478 e. The van der Waals surface area contributed by atoms with Crippen molar-refractivity contribution in [2.75, 3.05) is 0 Å². The van der Waals surface area contributed by atoms with Crippen LogP contribution >= 0.6 is 11.8 Å². The molecule has 0 radical (unpaired) electrons. The Bertz CT molecular complexity index is 564. The lowest BCUT2D eigenvalue weighted by atomic mass is 10.3. The van der Waals surface area contributed by atoms with Gasteiger partial charge >= 0.3 is 5.97 Å². The minimum absolute atomic E-state index is 0.0987. The van der Waals surface area contributed by atoms with Crippen molar-refractivity contribution < 1.29 is 19.1 Å². The monoisotopic (exact) mass is 249 g/mol. The number of aromatic carboxylic acids is 1. The molecular formula is C11H7NO4S. The lowest BCUT2D eigenvalue weighted by Crippen LogP contribution is -1.99. The van der Waals surface area contributed by atoms with E-state index in [-0.39, 0.29) is 11.3 Å². The zero-order chi connectivity index (χ0) is 12.3. The second kappa shape index (κ2) is 4.84. The van der Waals surface area contributed by atoms with Crippen LogP contribution in [0, 0.1) is 0 Å². The third kappa shape index (κ3) is 2.54. The number of hydrogen-bond donors (Lipinski definition) is 1. The first kappa shape index (κ1) is 11.4. The lowest BCUT2D eigenvalue weighted by molar-refractivity contribution is 0.0692. The van der Waals surface area contributed by atoms with Crippen LogP contribution in [-0.2, 0) is 0 Å². The Kier molecular flexibility index (Phi) is 3.24. The van der Waals surface area contributed by atoms with Crippen molar-refractivity contribution in [2.24, 2.45) is 0 Å². The molecule has 2 aromatic rings. The highest BCUT2D eigenvalue weighted by Gasteiger charge is 2.13. The number of carboxylic acids is 1. The molecule has 1 N–H and O–H groups in total. The van der Waals surface area contributed by atoms with Crippen LogP contribution in [0.2, 0.25) is 0 Å². The van der Waals surface area contributed by atoms with E-state index in [1.54, 1.807) is 12.1 Å². The molecule has 17 heavy (non-hydrogen) atoms. The lowest BCUT2D eigenvalue weighted by Gasteiger charge is -2.01. The van der Waals surface area contributed by atoms with Crippen LogP contribution < -0.4 is 0 Å². The van der Waals surface area contributed by atoms with Crippen molar-refractivity contribution in [3.63, 3.8) is 0 Å². The SMILES string of the molecule is O=Cc1ccc(Sc2ncccc2C(=O)O)o1. The smallest absolute Gasteiger partial charge is 0.338 e. The van der Waals surface area contributed by atoms with E-state index in [0.29, 0.717) is 16.4 Å². The number of hydrogen-bond acceptors (Lipinski definition) is 5. The van der Waals surface area contributed by atoms with Gasteiger partial charge in [-0.25, -0.2) is 9.78 Å². The Labute approximate surface area is 100 Å². The first-order chi connectivity index (χ1) is 8.20. The van der Waals surface area contributed by atoms with Crippen LogP contribution in [0.25, 0.3) is 0 Å². The molecule has 2 aromatic heterocycles. The van der Waals surface area contributed by atoms with Crippen LogP contribution in [0.4, 0.5) is 0 Å². The maximum atomic E-state index is 10.9. The predicted octanol–water partition coefficient (Wildman–Crippen LogP) is 2.34. The van der Waals surface area contributed by atoms with Crippen molar-refractivity contribution in [1.82, 2.24) is 4.98 Å². The molecule has 0 saturated carbocycles. The molecule has 0 aromatic carbocycles. The van der Waals surface area contributed by atoms with Crippen LogP contribution in [0.3, 0.4) is 0 Å². The molecule has 2 heterocycles. The highest BCUT2D eigenvalue weighted by Crippen LogP contribution is 2.29. The minimum atomic E-state index is -1.05. The molecule has 0 spiro atoms. The molecule has 5 nitrogen and oxygen atoms in total. The summed E-state index contributed by atoms with van der Waals surface area (Å²) in [6.45, 7) is 0. The summed E-state index contributed by atoms with van der Waals surface area (Å²) in [6.07, 6.45) is 2.08. The van der Waals surface area contributed by atoms with E-state index < -0.39 is 5.97 Å². The van der Waals surface area contributed by atoms with Crippen molar-refractivity contribution in [1.29, 1.82) is 0 Å². The maximum absolute atomic E-state index is 10.9. The summed E-state index contributed by atoms with van der Waals surface area (Å²) in [6, 6.07) is 6.11. The summed E-state index contributed by atoms with van der Waals surface area (Å²) in [5.41, 5.74) is 0.0987. The van der Waals surface area contributed by atoms with Gasteiger partial charge in [-0.2, -0.15) is 0 Å². The summed E-state index contributed by atoms with van der Waals surface area (Å²) in [5, 5.41) is 9.71. The van der Waals surface area contributed by atoms with Gasteiger partial charge in [0, 0.05) is 6.20 Å². The largest absolute Gasteiger partial charge is 0.478 e. The van der Waals surface area contributed by atoms with Gasteiger partial charge < -0.3 is 9.52 Å². The summed E-state index contributed by atoms with van der Waals surface area (Å²) in [4.78, 5) is 25.3. The van der Waals surface area contributed by atoms with E-state index in [1.807, 2.05) is 0 Å². The number of carboxylic acid groups (broad SMARTS) is 1. The number of carbonyl (C=O) groups excluding carboxylic acids is 1. The van der Waals surface area contributed by atoms with Gasteiger partial charge in [0.25, 0.3) is 0 Å². The molecule has 0 saturated heterocycles. The molecule has 0 aliphatic rings. The fourth-order valence-corrected chi connectivity index (χ4v) is 2.03. The quantitative estimate of drug-likeness (QED) is 0.837. The molecule has 6 heteroatoms. The highest BCUT2D eigenvalue weighted by atomic mass is 32.2. The molecule has 0 amide bonds. The summed E-state index contributed by atoms with van der Waals surface area (Å²) < 4.78 is 5.13. The third-order valence-corrected chi connectivity index (χ3v) is 2.86. The number of rotatable bonds is 4. The number of furan rings is 1. The van der Waals surface area contributed by atoms with Crippen molar-refractivity contribution in [3.8, 4) is 0 Å². The second-order valence-electron chi connectivity index (χ2n) is 3.04. The van der Waals surface area contributed by atoms with Gasteiger partial charge in [-0.1, -0.05) is 0 Å². The van der Waals surface area contributed by atoms with Gasteiger partial charge in [-0.15, -0.1) is 0 Å². The zero-order valence-electron chi connectivity index (χ0n) is 8.49. The molecule has 0 fully saturated rings. The average Bonchev–Trinajstić information content (AvgIpc) is 2.77. The van der Waals surface area contributed by atoms with E-state index in [0.717, 1.165) is 11.8 Å². The standard InChI is InChI=1S/C11H7NO4S/c13-6-7-3-4-9(16-7)17-10-8(11(14)15)2-1-5-12-10/h1-6H,(H,14,15). The molecule has 86 valence electrons. The fraction of sp³-hybridized carbons (Fsp3) is 0. The van der Waals surface area contributed by atoms with Crippen LogP contribution in [-0.4, -0.2) is 22.3 Å². The molecule has 2 rings (SSSR count). The number of aldehydes is 1. The maximum Gasteiger partial charge on any atom is 0.338 e. The van der Waals surface area contributed by atoms with E-state index in [1.165, 1.54) is 18.3 Å². The molecule has 0 atom stereocenters. The Morgan fingerprint density at radius 2 is 2.24 bits per heavy atom. The van der Waals surface area contributed by atoms with Crippen molar-refractivity contribution in [2.45, 2.75) is 10.1 Å². The van der Waals surface area contributed by atoms with Crippen LogP contribution in [0.5, 0.6) is 0 Å². The van der Waals surface area contributed by atoms with E-state index in [2.05, 4.69) is 4.98 Å². The second-order valence-corrected chi connectivity index (χ2v) is 4.03. The van der Waals surface area contributed by atoms with Gasteiger partial charge in [0.15, 0.2) is 17.1 Å². The number of carbonyl (C=O) groups is 2. The summed E-state index contributed by atoms with van der Waals surface area (Å²) in [5.74, 6) is -0.858. The number of pyridine rings is 1. The van der Waals surface area contributed by atoms with Gasteiger partial charge in [0.2, 0.25) is 0 Å². The highest BCUT2D eigenvalue weighted by molar-refractivity contribution is 7.99. The average molecular weight is 249 g/mol. The van der Waals surface area contributed by atoms with Gasteiger partial charge in [-0.3, -0.25) is 4.79 Å². The van der Waals surface area contributed by atoms with Crippen LogP contribution in [0.15, 0.2) is 45.0 Å². The van der Waals surface area contributed by atoms with Crippen molar-refractivity contribution >= 4 is 24.0 Å². The van der Waals surface area contributed by atoms with Crippen LogP contribution in [0.1, 0.15) is 20.9 Å². The first-order valence-electron chi connectivity index (χ1n) is 4.62. The fourth-order valence-electron chi connectivity index (χ4n) is 1.18. The Hall–Kier alpha value is -2.08. The first-order valence-corrected chi connectivity index (χ1v) is 5.43. The zero-order valence-corrected chi connectivity index (χ0v) is 9.31. The Morgan fingerprint density at radius 1 is 1.41 bits per heavy atom. The molecule has 0 unspecified atom stereocenters. The normalized spacial score (nSPS) is 10.1. The topological polar surface area (TPSA) is 80.4 Å². The third-order valence-electron chi connectivity index (χ3n) is 1.92. The molecular weight excluding hydrogens is 242 g/mol. The van der Waals surface area contributed by atoms with E-state index in [4.69, 9.17) is 9.52 Å². The predicted molar refractivity (Wildman–Crippen MR) is 59.4 cm³/mol. The van der Waals surface area contributed by atoms with E-state index in [9.17, 15) is 9.59 Å². The number of nitrogens with zero attached hydrogens (tertiary/aromatic N) is 1. The molecule has 0 bridgehead atoms. The van der Waals surface area contributed by atoms with Gasteiger partial charge in [-0.05, 0) is 36.0 Å². The summed E-state index contributed by atoms with van der Waals surface area (Å²) in [7, 11) is 0. The summed E-state index contributed by atoms with van der Waals surface area (Å²) >= 11 is 1.06. The Balaban J connectivity index is 2.29. The van der Waals surface area contributed by atoms with Gasteiger partial charge in [0.1, 0.15) is 5.03 Å².